The number of rotatable bonds is 0. The number of hydrogen-bond acceptors (Lipinski definition) is 2. The van der Waals surface area contributed by atoms with Crippen LogP contribution >= 0.6 is 0 Å². The number of hydrogen-bond donors (Lipinski definition) is 1. The van der Waals surface area contributed by atoms with Crippen LogP contribution in [0.3, 0.4) is 0 Å². The average Bonchev–Trinajstić information content (AvgIpc) is 2.48. The number of nitrogens with zero attached hydrogens (tertiary/aromatic N) is 1. The molecule has 0 spiro atoms. The van der Waals surface area contributed by atoms with Crippen LogP contribution < -0.4 is 10.9 Å². The van der Waals surface area contributed by atoms with Crippen molar-refractivity contribution < 1.29 is 0 Å². The maximum atomic E-state index is 11.5. The highest BCUT2D eigenvalue weighted by Crippen LogP contribution is 2.12. The first-order valence-electron chi connectivity index (χ1n) is 4.09. The molecule has 1 aliphatic rings. The van der Waals surface area contributed by atoms with Crippen LogP contribution in [0, 0.1) is 6.92 Å². The summed E-state index contributed by atoms with van der Waals surface area (Å²) in [6.45, 7) is 3.58. The largest absolute Gasteiger partial charge is 0.314 e. The highest BCUT2D eigenvalue weighted by atomic mass is 16.1. The minimum absolute atomic E-state index is 0.123. The van der Waals surface area contributed by atoms with Crippen molar-refractivity contribution in [1.29, 1.82) is 0 Å². The van der Waals surface area contributed by atoms with E-state index in [4.69, 9.17) is 0 Å². The molecule has 1 N–H and O–H groups in total. The van der Waals surface area contributed by atoms with Crippen LogP contribution in [0.25, 0.3) is 0 Å². The summed E-state index contributed by atoms with van der Waals surface area (Å²) < 4.78 is 1.74. The van der Waals surface area contributed by atoms with E-state index in [0.717, 1.165) is 24.3 Å². The third kappa shape index (κ3) is 0.898. The van der Waals surface area contributed by atoms with Gasteiger partial charge in [0.1, 0.15) is 0 Å². The molecule has 0 fully saturated rings. The van der Waals surface area contributed by atoms with Crippen LogP contribution in [-0.2, 0) is 20.1 Å². The molecule has 3 heteroatoms. The van der Waals surface area contributed by atoms with Gasteiger partial charge in [-0.05, 0) is 18.6 Å². The molecule has 2 heterocycles. The van der Waals surface area contributed by atoms with Crippen LogP contribution in [0.4, 0.5) is 0 Å². The molecule has 0 radical (unpaired) electrons. The number of aryl methyl sites for hydroxylation is 1. The fourth-order valence-corrected chi connectivity index (χ4v) is 1.71. The van der Waals surface area contributed by atoms with E-state index in [-0.39, 0.29) is 5.56 Å². The molecule has 0 saturated carbocycles. The molecule has 1 aromatic rings. The summed E-state index contributed by atoms with van der Waals surface area (Å²) in [5.74, 6) is 0. The van der Waals surface area contributed by atoms with E-state index < -0.39 is 0 Å². The minimum Gasteiger partial charge on any atom is -0.314 e. The Kier molecular flexibility index (Phi) is 1.54. The van der Waals surface area contributed by atoms with E-state index in [2.05, 4.69) is 5.32 Å². The summed E-state index contributed by atoms with van der Waals surface area (Å²) in [5, 5.41) is 3.22. The van der Waals surface area contributed by atoms with Crippen molar-refractivity contribution in [3.63, 3.8) is 0 Å². The molecule has 0 atom stereocenters. The van der Waals surface area contributed by atoms with Gasteiger partial charge in [0.25, 0.3) is 5.56 Å². The Hall–Kier alpha value is -1.09. The SMILES string of the molecule is Cc1cc2c(n(C)c1=O)CNC2. The fourth-order valence-electron chi connectivity index (χ4n) is 1.71. The summed E-state index contributed by atoms with van der Waals surface area (Å²) >= 11 is 0. The Morgan fingerprint density at radius 1 is 1.50 bits per heavy atom. The van der Waals surface area contributed by atoms with Gasteiger partial charge in [0.15, 0.2) is 0 Å². The zero-order chi connectivity index (χ0) is 8.72. The second kappa shape index (κ2) is 2.45. The maximum absolute atomic E-state index is 11.5. The van der Waals surface area contributed by atoms with Crippen molar-refractivity contribution in [2.24, 2.45) is 7.05 Å². The highest BCUT2D eigenvalue weighted by molar-refractivity contribution is 5.28. The summed E-state index contributed by atoms with van der Waals surface area (Å²) in [4.78, 5) is 11.5. The topological polar surface area (TPSA) is 34.0 Å². The van der Waals surface area contributed by atoms with Crippen LogP contribution in [0.5, 0.6) is 0 Å². The lowest BCUT2D eigenvalue weighted by Crippen LogP contribution is -2.22. The van der Waals surface area contributed by atoms with Crippen molar-refractivity contribution in [1.82, 2.24) is 9.88 Å². The summed E-state index contributed by atoms with van der Waals surface area (Å²) in [5.41, 5.74) is 3.35. The van der Waals surface area contributed by atoms with Gasteiger partial charge < -0.3 is 9.88 Å². The molecule has 0 bridgehead atoms. The van der Waals surface area contributed by atoms with Crippen molar-refractivity contribution in [3.05, 3.63) is 33.2 Å². The van der Waals surface area contributed by atoms with Crippen LogP contribution in [0.15, 0.2) is 10.9 Å². The van der Waals surface area contributed by atoms with Gasteiger partial charge >= 0.3 is 0 Å². The second-order valence-electron chi connectivity index (χ2n) is 3.27. The zero-order valence-corrected chi connectivity index (χ0v) is 7.35. The average molecular weight is 164 g/mol. The number of pyridine rings is 1. The summed E-state index contributed by atoms with van der Waals surface area (Å²) in [7, 11) is 1.83. The standard InChI is InChI=1S/C9H12N2O/c1-6-3-7-4-10-5-8(7)11(2)9(6)12/h3,10H,4-5H2,1-2H3. The van der Waals surface area contributed by atoms with Gasteiger partial charge in [-0.15, -0.1) is 0 Å². The van der Waals surface area contributed by atoms with E-state index in [1.165, 1.54) is 5.56 Å². The van der Waals surface area contributed by atoms with E-state index in [9.17, 15) is 4.79 Å². The zero-order valence-electron chi connectivity index (χ0n) is 7.35. The van der Waals surface area contributed by atoms with Crippen molar-refractivity contribution >= 4 is 0 Å². The van der Waals surface area contributed by atoms with Crippen LogP contribution in [0.1, 0.15) is 16.8 Å². The lowest BCUT2D eigenvalue weighted by atomic mass is 10.2. The first-order chi connectivity index (χ1) is 5.70. The molecule has 2 rings (SSSR count). The van der Waals surface area contributed by atoms with E-state index in [1.54, 1.807) is 4.57 Å². The van der Waals surface area contributed by atoms with E-state index in [1.807, 2.05) is 20.0 Å². The Morgan fingerprint density at radius 3 is 3.00 bits per heavy atom. The molecule has 1 aliphatic heterocycles. The Bertz CT molecular complexity index is 379. The second-order valence-corrected chi connectivity index (χ2v) is 3.27. The lowest BCUT2D eigenvalue weighted by Gasteiger charge is -2.06. The number of nitrogens with one attached hydrogen (secondary N) is 1. The van der Waals surface area contributed by atoms with Gasteiger partial charge in [-0.25, -0.2) is 0 Å². The molecule has 64 valence electrons. The Labute approximate surface area is 71.0 Å². The molecule has 0 saturated heterocycles. The third-order valence-electron chi connectivity index (χ3n) is 2.42. The Morgan fingerprint density at radius 2 is 2.25 bits per heavy atom. The van der Waals surface area contributed by atoms with E-state index >= 15 is 0 Å². The third-order valence-corrected chi connectivity index (χ3v) is 2.42. The quantitative estimate of drug-likeness (QED) is 0.598. The monoisotopic (exact) mass is 164 g/mol. The maximum Gasteiger partial charge on any atom is 0.253 e. The van der Waals surface area contributed by atoms with Crippen LogP contribution in [-0.4, -0.2) is 4.57 Å². The first-order valence-corrected chi connectivity index (χ1v) is 4.09. The van der Waals surface area contributed by atoms with Crippen molar-refractivity contribution in [2.75, 3.05) is 0 Å². The first kappa shape index (κ1) is 7.55. The predicted molar refractivity (Wildman–Crippen MR) is 47.0 cm³/mol. The molecule has 0 aliphatic carbocycles. The van der Waals surface area contributed by atoms with Gasteiger partial charge in [-0.1, -0.05) is 0 Å². The van der Waals surface area contributed by atoms with E-state index in [0.29, 0.717) is 0 Å². The fraction of sp³-hybridized carbons (Fsp3) is 0.444. The molecular weight excluding hydrogens is 152 g/mol. The molecule has 12 heavy (non-hydrogen) atoms. The molecular formula is C9H12N2O. The summed E-state index contributed by atoms with van der Waals surface area (Å²) in [6.07, 6.45) is 0. The van der Waals surface area contributed by atoms with Crippen LogP contribution in [0.2, 0.25) is 0 Å². The van der Waals surface area contributed by atoms with Gasteiger partial charge in [0, 0.05) is 31.4 Å². The predicted octanol–water partition coefficient (Wildman–Crippen LogP) is 0.297. The smallest absolute Gasteiger partial charge is 0.253 e. The van der Waals surface area contributed by atoms with Gasteiger partial charge in [0.05, 0.1) is 0 Å². The molecule has 0 unspecified atom stereocenters. The molecule has 1 aromatic heterocycles. The number of fused-ring (bicyclic) bond motifs is 1. The van der Waals surface area contributed by atoms with Crippen molar-refractivity contribution in [2.45, 2.75) is 20.0 Å². The van der Waals surface area contributed by atoms with Crippen molar-refractivity contribution in [3.8, 4) is 0 Å². The number of aromatic nitrogens is 1. The minimum atomic E-state index is 0.123. The Balaban J connectivity index is 2.76. The van der Waals surface area contributed by atoms with Gasteiger partial charge in [0.2, 0.25) is 0 Å². The molecule has 0 amide bonds. The summed E-state index contributed by atoms with van der Waals surface area (Å²) in [6, 6.07) is 1.98. The van der Waals surface area contributed by atoms with Gasteiger partial charge in [-0.2, -0.15) is 0 Å². The van der Waals surface area contributed by atoms with Gasteiger partial charge in [-0.3, -0.25) is 4.79 Å². The lowest BCUT2D eigenvalue weighted by molar-refractivity contribution is 0.718. The molecule has 0 aromatic carbocycles. The molecule has 3 nitrogen and oxygen atoms in total. The highest BCUT2D eigenvalue weighted by Gasteiger charge is 2.14. The normalized spacial score (nSPS) is 14.8.